The topological polar surface area (TPSA) is 139 Å². The van der Waals surface area contributed by atoms with Crippen molar-refractivity contribution in [3.63, 3.8) is 0 Å². The molecule has 2 fully saturated rings. The molecule has 0 spiro atoms. The van der Waals surface area contributed by atoms with Crippen LogP contribution >= 0.6 is 35.1 Å². The molecule has 6 N–H and O–H groups in total. The Morgan fingerprint density at radius 1 is 0.677 bits per heavy atom. The maximum absolute atomic E-state index is 15.9. The number of nitrogens with zero attached hydrogens (tertiary/aromatic N) is 6. The van der Waals surface area contributed by atoms with Gasteiger partial charge < -0.3 is 21.4 Å². The van der Waals surface area contributed by atoms with Crippen molar-refractivity contribution in [1.29, 1.82) is 0 Å². The Hall–Kier alpha value is -3.82. The highest BCUT2D eigenvalue weighted by Crippen LogP contribution is 2.39. The summed E-state index contributed by atoms with van der Waals surface area (Å²) in [5.41, 5.74) is 18.9. The van der Waals surface area contributed by atoms with E-state index in [1.54, 1.807) is 22.7 Å². The van der Waals surface area contributed by atoms with Crippen molar-refractivity contribution in [2.24, 2.45) is 11.8 Å². The van der Waals surface area contributed by atoms with E-state index in [1.165, 1.54) is 21.1 Å². The van der Waals surface area contributed by atoms with Gasteiger partial charge in [0.1, 0.15) is 12.1 Å². The van der Waals surface area contributed by atoms with Crippen LogP contribution in [-0.2, 0) is 30.5 Å². The molecule has 2 saturated heterocycles. The van der Waals surface area contributed by atoms with Crippen LogP contribution in [0.25, 0.3) is 21.8 Å². The third-order valence-corrected chi connectivity index (χ3v) is 17.1. The minimum Gasteiger partial charge on any atom is -0.375 e. The van der Waals surface area contributed by atoms with Gasteiger partial charge in [-0.1, -0.05) is 50.2 Å². The molecule has 4 atom stereocenters. The van der Waals surface area contributed by atoms with Gasteiger partial charge in [0.2, 0.25) is 0 Å². The summed E-state index contributed by atoms with van der Waals surface area (Å²) in [7, 11) is 0. The van der Waals surface area contributed by atoms with Gasteiger partial charge in [0.25, 0.3) is 0 Å². The molecule has 2 aromatic carbocycles. The lowest BCUT2D eigenvalue weighted by Crippen LogP contribution is -2.49. The molecule has 4 aliphatic rings. The first-order valence-corrected chi connectivity index (χ1v) is 26.1. The van der Waals surface area contributed by atoms with E-state index < -0.39 is 0 Å². The fourth-order valence-corrected chi connectivity index (χ4v) is 13.8. The second-order valence-corrected chi connectivity index (χ2v) is 21.6. The number of thiazole rings is 2. The number of nitrogen functional groups attached to an aromatic ring is 2. The second kappa shape index (κ2) is 20.6. The van der Waals surface area contributed by atoms with Gasteiger partial charge >= 0.3 is 0 Å². The average Bonchev–Trinajstić information content (AvgIpc) is 4.10. The molecule has 4 aromatic heterocycles. The van der Waals surface area contributed by atoms with E-state index >= 15 is 4.79 Å². The molecule has 10 rings (SSSR count). The lowest BCUT2D eigenvalue weighted by atomic mass is 9.88. The quantitative estimate of drug-likeness (QED) is 0.0748. The SMILES string of the molecule is CCCN(CC1CCN([C@H](C(=O)[C@H](c2cc3ccccc3[nH]2)N2CCC(CN(CCC)C3CCc4nc(N)sc4C3)CC2)c2cc3ccccc3[nH]2)CC1)C1CCc2nc(N)sc2C1.Cl. The number of aromatic amines is 2. The molecule has 11 nitrogen and oxygen atoms in total. The Bertz CT molecular complexity index is 2280. The van der Waals surface area contributed by atoms with Crippen molar-refractivity contribution >= 4 is 72.9 Å². The van der Waals surface area contributed by atoms with Gasteiger partial charge in [-0.15, -0.1) is 35.1 Å². The summed E-state index contributed by atoms with van der Waals surface area (Å²) in [5, 5.41) is 3.74. The van der Waals surface area contributed by atoms with E-state index in [1.807, 2.05) is 0 Å². The van der Waals surface area contributed by atoms with E-state index in [-0.39, 0.29) is 30.3 Å². The molecule has 348 valence electrons. The number of likely N-dealkylation sites (tertiary alicyclic amines) is 2. The Balaban J connectivity index is 0.00000533. The molecule has 0 bridgehead atoms. The monoisotopic (exact) mass is 936 g/mol. The Kier molecular flexibility index (Phi) is 14.7. The number of H-pyrrole nitrogens is 2. The summed E-state index contributed by atoms with van der Waals surface area (Å²) in [6.45, 7) is 12.7. The number of rotatable bonds is 16. The molecule has 6 heterocycles. The number of aryl methyl sites for hydroxylation is 2. The number of carbonyl (C=O) groups is 1. The van der Waals surface area contributed by atoms with Gasteiger partial charge in [0, 0.05) is 57.3 Å². The first kappa shape index (κ1) is 46.3. The van der Waals surface area contributed by atoms with Gasteiger partial charge in [-0.05, 0) is 163 Å². The van der Waals surface area contributed by atoms with Gasteiger partial charge in [-0.25, -0.2) is 9.97 Å². The van der Waals surface area contributed by atoms with Crippen LogP contribution in [0.4, 0.5) is 10.3 Å². The van der Waals surface area contributed by atoms with Gasteiger partial charge in [0.05, 0.1) is 11.4 Å². The summed E-state index contributed by atoms with van der Waals surface area (Å²) in [5.74, 6) is 1.47. The normalized spacial score (nSPS) is 21.2. The van der Waals surface area contributed by atoms with Crippen molar-refractivity contribution < 1.29 is 4.79 Å². The smallest absolute Gasteiger partial charge is 0.180 e. The summed E-state index contributed by atoms with van der Waals surface area (Å²) in [6.07, 6.45) is 13.1. The zero-order chi connectivity index (χ0) is 43.7. The number of ketones is 1. The highest BCUT2D eigenvalue weighted by Gasteiger charge is 2.42. The van der Waals surface area contributed by atoms with Crippen LogP contribution in [0.5, 0.6) is 0 Å². The van der Waals surface area contributed by atoms with Crippen LogP contribution in [0.3, 0.4) is 0 Å². The van der Waals surface area contributed by atoms with Crippen molar-refractivity contribution in [2.75, 3.05) is 63.8 Å². The highest BCUT2D eigenvalue weighted by molar-refractivity contribution is 7.15. The average molecular weight is 938 g/mol. The number of benzene rings is 2. The molecule has 2 aliphatic heterocycles. The summed E-state index contributed by atoms with van der Waals surface area (Å²) >= 11 is 3.37. The van der Waals surface area contributed by atoms with E-state index in [0.29, 0.717) is 34.2 Å². The Morgan fingerprint density at radius 2 is 1.09 bits per heavy atom. The van der Waals surface area contributed by atoms with Crippen LogP contribution in [0.1, 0.15) is 110 Å². The van der Waals surface area contributed by atoms with E-state index in [0.717, 1.165) is 163 Å². The highest BCUT2D eigenvalue weighted by atomic mass is 35.5. The predicted molar refractivity (Wildman–Crippen MR) is 271 cm³/mol. The van der Waals surface area contributed by atoms with E-state index in [9.17, 15) is 0 Å². The van der Waals surface area contributed by atoms with Gasteiger partial charge in [-0.2, -0.15) is 0 Å². The molecular formula is C51H69ClN10OS2. The van der Waals surface area contributed by atoms with Crippen molar-refractivity contribution in [3.05, 3.63) is 93.2 Å². The van der Waals surface area contributed by atoms with Gasteiger partial charge in [0.15, 0.2) is 16.0 Å². The zero-order valence-corrected chi connectivity index (χ0v) is 40.8. The maximum atomic E-state index is 15.9. The molecule has 0 amide bonds. The fourth-order valence-electron chi connectivity index (χ4n) is 11.9. The van der Waals surface area contributed by atoms with Crippen LogP contribution in [0, 0.1) is 11.8 Å². The molecular weight excluding hydrogens is 868 g/mol. The van der Waals surface area contributed by atoms with Crippen LogP contribution in [0.15, 0.2) is 60.7 Å². The maximum Gasteiger partial charge on any atom is 0.180 e. The Morgan fingerprint density at radius 3 is 1.49 bits per heavy atom. The molecule has 6 aromatic rings. The van der Waals surface area contributed by atoms with Crippen LogP contribution < -0.4 is 11.5 Å². The summed E-state index contributed by atoms with van der Waals surface area (Å²) in [4.78, 5) is 46.1. The second-order valence-electron chi connectivity index (χ2n) is 19.4. The molecule has 2 unspecified atom stereocenters. The number of nitrogens with one attached hydrogen (secondary N) is 2. The van der Waals surface area contributed by atoms with E-state index in [4.69, 9.17) is 11.5 Å². The number of anilines is 2. The largest absolute Gasteiger partial charge is 0.375 e. The van der Waals surface area contributed by atoms with E-state index in [2.05, 4.69) is 114 Å². The standard InChI is InChI=1S/C51H68N10OS2.ClH/c1-3-21-60(37-13-15-41-45(29-37)63-50(52)56-41)31-33-17-23-58(24-18-33)47(43-27-35-9-5-7-11-39(35)54-43)49(62)48(44-28-36-10-6-8-12-40(36)55-44)59-25-19-34(20-26-59)32-61(22-4-2)38-14-16-42-46(30-38)64-51(53)57-42;/h5-12,27-28,33-34,37-38,47-48,54-55H,3-4,13-26,29-32H2,1-2H3,(H2,52,56)(H2,53,57);1H/t37?,38?,47-,48-;/m0./s1. The Labute approximate surface area is 399 Å². The molecule has 14 heteroatoms. The number of piperidine rings is 2. The minimum absolute atomic E-state index is 0. The summed E-state index contributed by atoms with van der Waals surface area (Å²) < 4.78 is 0. The lowest BCUT2D eigenvalue weighted by Gasteiger charge is -2.43. The lowest BCUT2D eigenvalue weighted by molar-refractivity contribution is -0.132. The third-order valence-electron chi connectivity index (χ3n) is 15.2. The molecule has 65 heavy (non-hydrogen) atoms. The molecule has 2 aliphatic carbocycles. The third kappa shape index (κ3) is 10.1. The molecule has 0 radical (unpaired) electrons. The van der Waals surface area contributed by atoms with Crippen molar-refractivity contribution in [1.82, 2.24) is 39.5 Å². The number of Topliss-reactive ketones (excluding diaryl/α,β-unsaturated/α-hetero) is 1. The number of hydrogen-bond donors (Lipinski definition) is 4. The zero-order valence-electron chi connectivity index (χ0n) is 38.4. The summed E-state index contributed by atoms with van der Waals surface area (Å²) in [6, 6.07) is 21.8. The number of para-hydroxylation sites is 2. The predicted octanol–water partition coefficient (Wildman–Crippen LogP) is 9.46. The fraction of sp³-hybridized carbons (Fsp3) is 0.549. The molecule has 0 saturated carbocycles. The number of hydrogen-bond acceptors (Lipinski definition) is 11. The van der Waals surface area contributed by atoms with Crippen LogP contribution in [-0.4, -0.2) is 110 Å². The first-order valence-electron chi connectivity index (χ1n) is 24.4. The number of halogens is 1. The minimum atomic E-state index is -0.375. The number of fused-ring (bicyclic) bond motifs is 4. The van der Waals surface area contributed by atoms with Crippen molar-refractivity contribution in [2.45, 2.75) is 115 Å². The number of aromatic nitrogens is 4. The van der Waals surface area contributed by atoms with Crippen LogP contribution in [0.2, 0.25) is 0 Å². The number of nitrogens with two attached hydrogens (primary N) is 2. The van der Waals surface area contributed by atoms with Gasteiger partial charge in [-0.3, -0.25) is 24.4 Å². The van der Waals surface area contributed by atoms with Crippen molar-refractivity contribution in [3.8, 4) is 0 Å². The number of carbonyl (C=O) groups excluding carboxylic acids is 1. The first-order chi connectivity index (χ1) is 31.3.